The van der Waals surface area contributed by atoms with Crippen molar-refractivity contribution < 1.29 is 4.39 Å². The van der Waals surface area contributed by atoms with Crippen LogP contribution in [-0.2, 0) is 19.4 Å². The average Bonchev–Trinajstić information content (AvgIpc) is 2.81. The molecule has 0 bridgehead atoms. The standard InChI is InChI=1S/C13H16ClFN4/c1-2-19-13(17-8-18-19)7-9(16)6-10-11(14)4-3-5-12(10)15/h3-5,8-9H,2,6-7,16H2,1H3. The van der Waals surface area contributed by atoms with E-state index < -0.39 is 0 Å². The molecule has 1 aromatic carbocycles. The number of aryl methyl sites for hydroxylation is 1. The molecule has 19 heavy (non-hydrogen) atoms. The van der Waals surface area contributed by atoms with Crippen molar-refractivity contribution >= 4 is 11.6 Å². The minimum Gasteiger partial charge on any atom is -0.327 e. The van der Waals surface area contributed by atoms with Crippen LogP contribution in [0.4, 0.5) is 4.39 Å². The van der Waals surface area contributed by atoms with Crippen molar-refractivity contribution in [1.82, 2.24) is 14.8 Å². The van der Waals surface area contributed by atoms with Crippen molar-refractivity contribution in [2.45, 2.75) is 32.4 Å². The highest BCUT2D eigenvalue weighted by Crippen LogP contribution is 2.20. The molecule has 0 amide bonds. The molecule has 0 spiro atoms. The van der Waals surface area contributed by atoms with Crippen molar-refractivity contribution in [1.29, 1.82) is 0 Å². The van der Waals surface area contributed by atoms with E-state index in [1.807, 2.05) is 6.92 Å². The molecule has 4 nitrogen and oxygen atoms in total. The minimum absolute atomic E-state index is 0.246. The van der Waals surface area contributed by atoms with Gasteiger partial charge in [-0.3, -0.25) is 4.68 Å². The predicted molar refractivity (Wildman–Crippen MR) is 72.5 cm³/mol. The summed E-state index contributed by atoms with van der Waals surface area (Å²) >= 11 is 5.99. The second kappa shape index (κ2) is 6.12. The Morgan fingerprint density at radius 1 is 1.42 bits per heavy atom. The monoisotopic (exact) mass is 282 g/mol. The largest absolute Gasteiger partial charge is 0.327 e. The van der Waals surface area contributed by atoms with Crippen LogP contribution in [0.1, 0.15) is 18.3 Å². The van der Waals surface area contributed by atoms with Crippen molar-refractivity contribution in [3.05, 3.63) is 46.8 Å². The van der Waals surface area contributed by atoms with Crippen LogP contribution < -0.4 is 5.73 Å². The van der Waals surface area contributed by atoms with Crippen LogP contribution in [0.3, 0.4) is 0 Å². The number of hydrogen-bond donors (Lipinski definition) is 1. The lowest BCUT2D eigenvalue weighted by Gasteiger charge is -2.13. The molecule has 102 valence electrons. The third-order valence-corrected chi connectivity index (χ3v) is 3.32. The summed E-state index contributed by atoms with van der Waals surface area (Å²) in [5.41, 5.74) is 6.51. The Morgan fingerprint density at radius 2 is 2.21 bits per heavy atom. The predicted octanol–water partition coefficient (Wildman–Crippen LogP) is 2.20. The van der Waals surface area contributed by atoms with Gasteiger partial charge in [-0.1, -0.05) is 17.7 Å². The summed E-state index contributed by atoms with van der Waals surface area (Å²) in [4.78, 5) is 4.16. The zero-order valence-corrected chi connectivity index (χ0v) is 11.4. The first-order chi connectivity index (χ1) is 9.11. The molecule has 0 saturated heterocycles. The van der Waals surface area contributed by atoms with Gasteiger partial charge in [0.1, 0.15) is 18.0 Å². The minimum atomic E-state index is -0.320. The summed E-state index contributed by atoms with van der Waals surface area (Å²) < 4.78 is 15.4. The van der Waals surface area contributed by atoms with Crippen molar-refractivity contribution in [2.24, 2.45) is 5.73 Å². The molecule has 6 heteroatoms. The fourth-order valence-corrected chi connectivity index (χ4v) is 2.25. The van der Waals surface area contributed by atoms with E-state index in [0.717, 1.165) is 12.4 Å². The first-order valence-corrected chi connectivity index (χ1v) is 6.54. The molecule has 2 N–H and O–H groups in total. The number of hydrogen-bond acceptors (Lipinski definition) is 3. The summed E-state index contributed by atoms with van der Waals surface area (Å²) in [7, 11) is 0. The van der Waals surface area contributed by atoms with E-state index in [-0.39, 0.29) is 11.9 Å². The summed E-state index contributed by atoms with van der Waals surface area (Å²) in [5.74, 6) is 0.488. The highest BCUT2D eigenvalue weighted by molar-refractivity contribution is 6.31. The van der Waals surface area contributed by atoms with E-state index in [1.54, 1.807) is 16.8 Å². The number of halogens is 2. The van der Waals surface area contributed by atoms with E-state index in [2.05, 4.69) is 10.1 Å². The molecule has 0 radical (unpaired) electrons. The summed E-state index contributed by atoms with van der Waals surface area (Å²) in [6.45, 7) is 2.72. The highest BCUT2D eigenvalue weighted by atomic mass is 35.5. The fraction of sp³-hybridized carbons (Fsp3) is 0.385. The number of nitrogens with zero attached hydrogens (tertiary/aromatic N) is 3. The summed E-state index contributed by atoms with van der Waals surface area (Å²) in [6.07, 6.45) is 2.42. The topological polar surface area (TPSA) is 56.7 Å². The van der Waals surface area contributed by atoms with Crippen LogP contribution in [0.5, 0.6) is 0 Å². The van der Waals surface area contributed by atoms with Crippen molar-refractivity contribution in [2.75, 3.05) is 0 Å². The lowest BCUT2D eigenvalue weighted by atomic mass is 10.0. The van der Waals surface area contributed by atoms with Gasteiger partial charge in [-0.05, 0) is 25.5 Å². The van der Waals surface area contributed by atoms with Gasteiger partial charge in [0.2, 0.25) is 0 Å². The van der Waals surface area contributed by atoms with E-state index >= 15 is 0 Å². The fourth-order valence-electron chi connectivity index (χ4n) is 2.01. The van der Waals surface area contributed by atoms with Gasteiger partial charge in [0.05, 0.1) is 0 Å². The Bertz CT molecular complexity index is 535. The van der Waals surface area contributed by atoms with E-state index in [4.69, 9.17) is 17.3 Å². The number of rotatable bonds is 5. The maximum Gasteiger partial charge on any atom is 0.138 e. The van der Waals surface area contributed by atoms with Crippen LogP contribution in [-0.4, -0.2) is 20.8 Å². The molecule has 0 aliphatic rings. The molecule has 0 saturated carbocycles. The molecule has 2 rings (SSSR count). The molecular weight excluding hydrogens is 267 g/mol. The van der Waals surface area contributed by atoms with Gasteiger partial charge in [-0.2, -0.15) is 5.10 Å². The summed E-state index contributed by atoms with van der Waals surface area (Å²) in [6, 6.07) is 4.40. The Kier molecular flexibility index (Phi) is 4.50. The SMILES string of the molecule is CCn1ncnc1CC(N)Cc1c(F)cccc1Cl. The molecule has 0 aliphatic heterocycles. The molecule has 2 aromatic rings. The van der Waals surface area contributed by atoms with Crippen LogP contribution in [0, 0.1) is 5.82 Å². The maximum absolute atomic E-state index is 13.7. The lowest BCUT2D eigenvalue weighted by Crippen LogP contribution is -2.28. The quantitative estimate of drug-likeness (QED) is 0.915. The smallest absolute Gasteiger partial charge is 0.138 e. The first kappa shape index (κ1) is 14.0. The molecule has 1 heterocycles. The van der Waals surface area contributed by atoms with Gasteiger partial charge >= 0.3 is 0 Å². The number of aromatic nitrogens is 3. The van der Waals surface area contributed by atoms with Gasteiger partial charge in [0.15, 0.2) is 0 Å². The number of nitrogens with two attached hydrogens (primary N) is 1. The van der Waals surface area contributed by atoms with E-state index in [1.165, 1.54) is 12.4 Å². The molecular formula is C13H16ClFN4. The van der Waals surface area contributed by atoms with Crippen LogP contribution >= 0.6 is 11.6 Å². The highest BCUT2D eigenvalue weighted by Gasteiger charge is 2.14. The van der Waals surface area contributed by atoms with Crippen LogP contribution in [0.15, 0.2) is 24.5 Å². The molecule has 1 atom stereocenters. The van der Waals surface area contributed by atoms with Gasteiger partial charge in [-0.15, -0.1) is 0 Å². The van der Waals surface area contributed by atoms with Crippen LogP contribution in [0.2, 0.25) is 5.02 Å². The van der Waals surface area contributed by atoms with Crippen LogP contribution in [0.25, 0.3) is 0 Å². The third-order valence-electron chi connectivity index (χ3n) is 2.97. The van der Waals surface area contributed by atoms with Gasteiger partial charge in [-0.25, -0.2) is 9.37 Å². The lowest BCUT2D eigenvalue weighted by molar-refractivity contribution is 0.551. The molecule has 1 unspecified atom stereocenters. The molecule has 0 aliphatic carbocycles. The average molecular weight is 283 g/mol. The maximum atomic E-state index is 13.7. The van der Waals surface area contributed by atoms with Crippen molar-refractivity contribution in [3.8, 4) is 0 Å². The van der Waals surface area contributed by atoms with E-state index in [9.17, 15) is 4.39 Å². The third kappa shape index (κ3) is 3.30. The molecule has 1 aromatic heterocycles. The Balaban J connectivity index is 2.07. The normalized spacial score (nSPS) is 12.6. The Morgan fingerprint density at radius 3 is 2.89 bits per heavy atom. The first-order valence-electron chi connectivity index (χ1n) is 6.17. The number of benzene rings is 1. The summed E-state index contributed by atoms with van der Waals surface area (Å²) in [5, 5.41) is 4.49. The van der Waals surface area contributed by atoms with Crippen molar-refractivity contribution in [3.63, 3.8) is 0 Å². The van der Waals surface area contributed by atoms with Gasteiger partial charge < -0.3 is 5.73 Å². The Labute approximate surface area is 116 Å². The second-order valence-corrected chi connectivity index (χ2v) is 4.77. The second-order valence-electron chi connectivity index (χ2n) is 4.36. The zero-order chi connectivity index (χ0) is 13.8. The zero-order valence-electron chi connectivity index (χ0n) is 10.7. The molecule has 0 fully saturated rings. The van der Waals surface area contributed by atoms with Gasteiger partial charge in [0.25, 0.3) is 0 Å². The van der Waals surface area contributed by atoms with Gasteiger partial charge in [0, 0.05) is 29.6 Å². The van der Waals surface area contributed by atoms with E-state index in [0.29, 0.717) is 23.4 Å². The Hall–Kier alpha value is -1.46.